The first kappa shape index (κ1) is 17.1. The molecule has 2 aliphatic rings. The summed E-state index contributed by atoms with van der Waals surface area (Å²) >= 11 is 0. The molecule has 1 saturated heterocycles. The van der Waals surface area contributed by atoms with Crippen molar-refractivity contribution in [1.29, 1.82) is 0 Å². The molecule has 0 radical (unpaired) electrons. The molecular formula is C15H21N3O6. The lowest BCUT2D eigenvalue weighted by atomic mass is 10.0. The Morgan fingerprint density at radius 3 is 2.67 bits per heavy atom. The molecule has 9 nitrogen and oxygen atoms in total. The van der Waals surface area contributed by atoms with Crippen LogP contribution in [0.3, 0.4) is 0 Å². The number of hydrogen-bond donors (Lipinski definition) is 6. The van der Waals surface area contributed by atoms with Gasteiger partial charge < -0.3 is 30.9 Å². The zero-order chi connectivity index (χ0) is 17.4. The van der Waals surface area contributed by atoms with E-state index in [2.05, 4.69) is 5.32 Å². The van der Waals surface area contributed by atoms with Crippen LogP contribution in [0.1, 0.15) is 36.4 Å². The van der Waals surface area contributed by atoms with Crippen LogP contribution in [0, 0.1) is 0 Å². The highest BCUT2D eigenvalue weighted by molar-refractivity contribution is 5.75. The Morgan fingerprint density at radius 2 is 2.00 bits per heavy atom. The Balaban J connectivity index is 1.88. The minimum atomic E-state index is -1.23. The Bertz CT molecular complexity index is 627. The highest BCUT2D eigenvalue weighted by Gasteiger charge is 2.46. The molecule has 0 saturated carbocycles. The van der Waals surface area contributed by atoms with Gasteiger partial charge >= 0.3 is 0 Å². The molecule has 1 aromatic rings. The number of primary amides is 1. The van der Waals surface area contributed by atoms with E-state index in [4.69, 9.17) is 10.5 Å². The van der Waals surface area contributed by atoms with Crippen LogP contribution in [0.2, 0.25) is 0 Å². The van der Waals surface area contributed by atoms with E-state index in [1.54, 1.807) is 18.2 Å². The van der Waals surface area contributed by atoms with Crippen molar-refractivity contribution in [3.05, 3.63) is 29.3 Å². The molecule has 0 aliphatic carbocycles. The molecule has 2 aliphatic heterocycles. The monoisotopic (exact) mass is 339 g/mol. The lowest BCUT2D eigenvalue weighted by Gasteiger charge is -2.40. The summed E-state index contributed by atoms with van der Waals surface area (Å²) in [6.07, 6.45) is -3.56. The molecule has 1 amide bonds. The number of piperidine rings is 1. The van der Waals surface area contributed by atoms with E-state index in [0.717, 1.165) is 0 Å². The van der Waals surface area contributed by atoms with Crippen LogP contribution < -0.4 is 15.8 Å². The molecule has 5 unspecified atom stereocenters. The van der Waals surface area contributed by atoms with Gasteiger partial charge in [0.05, 0.1) is 6.04 Å². The normalized spacial score (nSPS) is 33.2. The standard InChI is InChI=1S/C15H21N3O6/c16-10(19)6-24-9-3-1-2-7-12(9)15(23)18(14(7)22)8-4-5-11(20)17-13(8)21/h1-3,8,11,13-15,17,20-23H,4-6H2,(H2,16,19). The molecule has 0 spiro atoms. The van der Waals surface area contributed by atoms with Crippen molar-refractivity contribution in [2.75, 3.05) is 6.61 Å². The van der Waals surface area contributed by atoms with Gasteiger partial charge in [0.2, 0.25) is 0 Å². The molecule has 3 rings (SSSR count). The number of carbonyl (C=O) groups is 1. The first-order chi connectivity index (χ1) is 11.4. The minimum Gasteiger partial charge on any atom is -0.483 e. The van der Waals surface area contributed by atoms with E-state index >= 15 is 0 Å². The number of benzene rings is 1. The van der Waals surface area contributed by atoms with Gasteiger partial charge in [0.15, 0.2) is 6.61 Å². The molecule has 24 heavy (non-hydrogen) atoms. The van der Waals surface area contributed by atoms with Gasteiger partial charge in [-0.05, 0) is 18.9 Å². The van der Waals surface area contributed by atoms with Crippen LogP contribution in [0.4, 0.5) is 0 Å². The average molecular weight is 339 g/mol. The smallest absolute Gasteiger partial charge is 0.255 e. The highest BCUT2D eigenvalue weighted by atomic mass is 16.5. The van der Waals surface area contributed by atoms with Gasteiger partial charge in [0, 0.05) is 11.1 Å². The average Bonchev–Trinajstić information content (AvgIpc) is 2.78. The van der Waals surface area contributed by atoms with E-state index in [1.807, 2.05) is 0 Å². The number of nitrogens with zero attached hydrogens (tertiary/aromatic N) is 1. The fourth-order valence-corrected chi connectivity index (χ4v) is 3.33. The quantitative estimate of drug-likeness (QED) is 0.378. The van der Waals surface area contributed by atoms with E-state index in [-0.39, 0.29) is 12.4 Å². The van der Waals surface area contributed by atoms with Crippen molar-refractivity contribution < 1.29 is 30.0 Å². The molecule has 0 bridgehead atoms. The van der Waals surface area contributed by atoms with Gasteiger partial charge in [-0.1, -0.05) is 12.1 Å². The van der Waals surface area contributed by atoms with E-state index < -0.39 is 36.9 Å². The third-order valence-corrected chi connectivity index (χ3v) is 4.42. The van der Waals surface area contributed by atoms with Crippen LogP contribution in [-0.2, 0) is 4.79 Å². The number of ether oxygens (including phenoxy) is 1. The van der Waals surface area contributed by atoms with Crippen molar-refractivity contribution in [2.24, 2.45) is 5.73 Å². The maximum atomic E-state index is 10.9. The Hall–Kier alpha value is -1.75. The third kappa shape index (κ3) is 2.97. The third-order valence-electron chi connectivity index (χ3n) is 4.42. The van der Waals surface area contributed by atoms with Crippen LogP contribution in [0.15, 0.2) is 18.2 Å². The summed E-state index contributed by atoms with van der Waals surface area (Å²) in [5.41, 5.74) is 5.84. The van der Waals surface area contributed by atoms with Crippen LogP contribution in [0.5, 0.6) is 5.75 Å². The van der Waals surface area contributed by atoms with Gasteiger partial charge in [0.1, 0.15) is 30.7 Å². The topological polar surface area (TPSA) is 149 Å². The fraction of sp³-hybridized carbons (Fsp3) is 0.533. The Kier molecular flexibility index (Phi) is 4.72. The second-order valence-corrected chi connectivity index (χ2v) is 5.98. The van der Waals surface area contributed by atoms with Gasteiger partial charge in [-0.15, -0.1) is 0 Å². The number of hydrogen-bond acceptors (Lipinski definition) is 8. The number of carbonyl (C=O) groups excluding carboxylic acids is 1. The Morgan fingerprint density at radius 1 is 1.25 bits per heavy atom. The molecular weight excluding hydrogens is 318 g/mol. The molecule has 0 aromatic heterocycles. The maximum absolute atomic E-state index is 10.9. The summed E-state index contributed by atoms with van der Waals surface area (Å²) in [7, 11) is 0. The summed E-state index contributed by atoms with van der Waals surface area (Å²) in [4.78, 5) is 12.3. The fourth-order valence-electron chi connectivity index (χ4n) is 3.33. The first-order valence-corrected chi connectivity index (χ1v) is 7.70. The van der Waals surface area contributed by atoms with Crippen LogP contribution in [0.25, 0.3) is 0 Å². The zero-order valence-corrected chi connectivity index (χ0v) is 12.9. The summed E-state index contributed by atoms with van der Waals surface area (Å²) in [5.74, 6) is -0.406. The van der Waals surface area contributed by atoms with Crippen molar-refractivity contribution in [3.63, 3.8) is 0 Å². The van der Waals surface area contributed by atoms with E-state index in [9.17, 15) is 25.2 Å². The summed E-state index contributed by atoms with van der Waals surface area (Å²) in [6, 6.07) is 4.24. The van der Waals surface area contributed by atoms with E-state index in [1.165, 1.54) is 4.90 Å². The maximum Gasteiger partial charge on any atom is 0.255 e. The second-order valence-electron chi connectivity index (χ2n) is 5.98. The van der Waals surface area contributed by atoms with Gasteiger partial charge in [-0.3, -0.25) is 10.1 Å². The molecule has 1 aromatic carbocycles. The number of amides is 1. The largest absolute Gasteiger partial charge is 0.483 e. The summed E-state index contributed by atoms with van der Waals surface area (Å²) < 4.78 is 5.32. The van der Waals surface area contributed by atoms with Gasteiger partial charge in [0.25, 0.3) is 5.91 Å². The number of aliphatic hydroxyl groups excluding tert-OH is 4. The first-order valence-electron chi connectivity index (χ1n) is 7.70. The van der Waals surface area contributed by atoms with Gasteiger partial charge in [-0.2, -0.15) is 0 Å². The summed E-state index contributed by atoms with van der Waals surface area (Å²) in [6.45, 7) is -0.348. The Labute approximate surface area is 138 Å². The zero-order valence-electron chi connectivity index (χ0n) is 12.9. The molecule has 1 fully saturated rings. The lowest BCUT2D eigenvalue weighted by Crippen LogP contribution is -2.57. The van der Waals surface area contributed by atoms with Crippen molar-refractivity contribution in [3.8, 4) is 5.75 Å². The molecule has 132 valence electrons. The molecule has 2 heterocycles. The number of rotatable bonds is 4. The minimum absolute atomic E-state index is 0.249. The predicted molar refractivity (Wildman–Crippen MR) is 81.1 cm³/mol. The molecule has 9 heteroatoms. The number of fused-ring (bicyclic) bond motifs is 1. The summed E-state index contributed by atoms with van der Waals surface area (Å²) in [5, 5.41) is 43.5. The lowest BCUT2D eigenvalue weighted by molar-refractivity contribution is -0.159. The van der Waals surface area contributed by atoms with Crippen LogP contribution >= 0.6 is 0 Å². The number of nitrogens with two attached hydrogens (primary N) is 1. The van der Waals surface area contributed by atoms with Gasteiger partial charge in [-0.25, -0.2) is 4.90 Å². The SMILES string of the molecule is NC(=O)COc1cccc2c1C(O)N(C1CCC(O)NC1O)C2O. The molecule has 7 N–H and O–H groups in total. The van der Waals surface area contributed by atoms with Crippen molar-refractivity contribution >= 4 is 5.91 Å². The van der Waals surface area contributed by atoms with Crippen LogP contribution in [-0.4, -0.2) is 56.3 Å². The van der Waals surface area contributed by atoms with Crippen molar-refractivity contribution in [1.82, 2.24) is 10.2 Å². The van der Waals surface area contributed by atoms with E-state index in [0.29, 0.717) is 24.0 Å². The number of aliphatic hydroxyl groups is 4. The van der Waals surface area contributed by atoms with Crippen molar-refractivity contribution in [2.45, 2.75) is 43.8 Å². The molecule has 5 atom stereocenters. The predicted octanol–water partition coefficient (Wildman–Crippen LogP) is -1.76. The highest BCUT2D eigenvalue weighted by Crippen LogP contribution is 2.46. The second kappa shape index (κ2) is 6.63. The number of nitrogens with one attached hydrogen (secondary N) is 1.